The molecule has 0 bridgehead atoms. The maximum atomic E-state index is 13.1. The van der Waals surface area contributed by atoms with Crippen LogP contribution in [0.25, 0.3) is 10.9 Å². The molecular weight excluding hydrogens is 468 g/mol. The van der Waals surface area contributed by atoms with Gasteiger partial charge in [0.2, 0.25) is 15.9 Å². The lowest BCUT2D eigenvalue weighted by molar-refractivity contribution is -0.120. The molecule has 1 N–H and O–H groups in total. The zero-order valence-corrected chi connectivity index (χ0v) is 21.7. The Morgan fingerprint density at radius 3 is 2.66 bits per heavy atom. The fraction of sp³-hybridized carbons (Fsp3) is 0.600. The van der Waals surface area contributed by atoms with Crippen molar-refractivity contribution in [2.75, 3.05) is 46.2 Å². The number of carbonyl (C=O) groups is 2. The molecule has 192 valence electrons. The van der Waals surface area contributed by atoms with Gasteiger partial charge in [-0.1, -0.05) is 0 Å². The largest absolute Gasteiger partial charge is 0.381 e. The molecule has 0 saturated carbocycles. The first-order valence-electron chi connectivity index (χ1n) is 12.4. The standard InChI is InChI=1S/C25H36N4O5S/c1-4-35(32,33)29-22-8-7-18(25(31)27(3)12-5-6-24(30)26-2)16-20(22)21-17-28(13-9-23(21)29)19-10-14-34-15-11-19/h7-8,16,19H,4-6,9-15,17H2,1-3H3,(H,26,30). The highest BCUT2D eigenvalue weighted by Crippen LogP contribution is 2.35. The van der Waals surface area contributed by atoms with Gasteiger partial charge in [0, 0.05) is 82.5 Å². The first kappa shape index (κ1) is 25.7. The van der Waals surface area contributed by atoms with Crippen molar-refractivity contribution >= 4 is 32.7 Å². The Morgan fingerprint density at radius 1 is 1.23 bits per heavy atom. The fourth-order valence-electron chi connectivity index (χ4n) is 5.20. The van der Waals surface area contributed by atoms with Crippen molar-refractivity contribution in [3.8, 4) is 0 Å². The molecule has 0 unspecified atom stereocenters. The molecule has 1 aromatic carbocycles. The van der Waals surface area contributed by atoms with E-state index in [1.165, 1.54) is 3.97 Å². The van der Waals surface area contributed by atoms with Crippen molar-refractivity contribution in [3.63, 3.8) is 0 Å². The van der Waals surface area contributed by atoms with Gasteiger partial charge in [0.15, 0.2) is 0 Å². The van der Waals surface area contributed by atoms with Crippen LogP contribution < -0.4 is 5.32 Å². The minimum atomic E-state index is -3.49. The Bertz CT molecular complexity index is 1200. The molecule has 0 spiro atoms. The van der Waals surface area contributed by atoms with Gasteiger partial charge in [-0.25, -0.2) is 12.4 Å². The number of nitrogens with zero attached hydrogens (tertiary/aromatic N) is 3. The minimum Gasteiger partial charge on any atom is -0.381 e. The number of ether oxygens (including phenoxy) is 1. The molecule has 2 amide bonds. The number of aromatic nitrogens is 1. The SMILES string of the molecule is CCS(=O)(=O)n1c2c(c3cc(C(=O)N(C)CCCC(=O)NC)ccc31)CN(C1CCOCC1)CC2. The maximum absolute atomic E-state index is 13.1. The van der Waals surface area contributed by atoms with Gasteiger partial charge in [0.25, 0.3) is 5.91 Å². The van der Waals surface area contributed by atoms with Crippen molar-refractivity contribution < 1.29 is 22.7 Å². The van der Waals surface area contributed by atoms with Crippen LogP contribution in [0, 0.1) is 0 Å². The van der Waals surface area contributed by atoms with Gasteiger partial charge in [-0.15, -0.1) is 0 Å². The predicted molar refractivity (Wildman–Crippen MR) is 135 cm³/mol. The topological polar surface area (TPSA) is 101 Å². The molecule has 1 saturated heterocycles. The summed E-state index contributed by atoms with van der Waals surface area (Å²) in [4.78, 5) is 28.7. The third-order valence-corrected chi connectivity index (χ3v) is 8.95. The van der Waals surface area contributed by atoms with E-state index in [1.54, 1.807) is 38.1 Å². The Morgan fingerprint density at radius 2 is 1.97 bits per heavy atom. The summed E-state index contributed by atoms with van der Waals surface area (Å²) in [5, 5.41) is 3.42. The summed E-state index contributed by atoms with van der Waals surface area (Å²) >= 11 is 0. The summed E-state index contributed by atoms with van der Waals surface area (Å²) in [6.45, 7) is 5.12. The number of hydrogen-bond acceptors (Lipinski definition) is 6. The minimum absolute atomic E-state index is 0.0155. The van der Waals surface area contributed by atoms with E-state index in [9.17, 15) is 18.0 Å². The van der Waals surface area contributed by atoms with Crippen LogP contribution in [0.15, 0.2) is 18.2 Å². The van der Waals surface area contributed by atoms with Crippen molar-refractivity contribution in [3.05, 3.63) is 35.0 Å². The third-order valence-electron chi connectivity index (χ3n) is 7.25. The smallest absolute Gasteiger partial charge is 0.253 e. The number of benzene rings is 1. The van der Waals surface area contributed by atoms with Crippen molar-refractivity contribution in [2.24, 2.45) is 0 Å². The van der Waals surface area contributed by atoms with E-state index < -0.39 is 10.0 Å². The molecule has 3 heterocycles. The number of carbonyl (C=O) groups excluding carboxylic acids is 2. The quantitative estimate of drug-likeness (QED) is 0.590. The van der Waals surface area contributed by atoms with E-state index in [1.807, 2.05) is 6.07 Å². The number of amides is 2. The molecular formula is C25H36N4O5S. The Balaban J connectivity index is 1.67. The lowest BCUT2D eigenvalue weighted by Gasteiger charge is -2.37. The van der Waals surface area contributed by atoms with E-state index in [4.69, 9.17) is 4.74 Å². The van der Waals surface area contributed by atoms with Gasteiger partial charge in [-0.3, -0.25) is 14.5 Å². The molecule has 2 aliphatic heterocycles. The number of rotatable bonds is 8. The Labute approximate surface area is 207 Å². The Hall–Kier alpha value is -2.43. The lowest BCUT2D eigenvalue weighted by Crippen LogP contribution is -2.42. The molecule has 0 radical (unpaired) electrons. The normalized spacial score (nSPS) is 17.3. The monoisotopic (exact) mass is 504 g/mol. The van der Waals surface area contributed by atoms with Crippen LogP contribution in [0.4, 0.5) is 0 Å². The van der Waals surface area contributed by atoms with Crippen LogP contribution in [-0.2, 0) is 32.5 Å². The van der Waals surface area contributed by atoms with Gasteiger partial charge in [-0.2, -0.15) is 0 Å². The van der Waals surface area contributed by atoms with Crippen LogP contribution in [0.2, 0.25) is 0 Å². The van der Waals surface area contributed by atoms with Gasteiger partial charge in [0.1, 0.15) is 0 Å². The average molecular weight is 505 g/mol. The number of fused-ring (bicyclic) bond motifs is 3. The zero-order chi connectivity index (χ0) is 25.2. The van der Waals surface area contributed by atoms with E-state index in [-0.39, 0.29) is 17.6 Å². The van der Waals surface area contributed by atoms with Crippen molar-refractivity contribution in [1.29, 1.82) is 0 Å². The lowest BCUT2D eigenvalue weighted by atomic mass is 9.99. The summed E-state index contributed by atoms with van der Waals surface area (Å²) in [6.07, 6.45) is 3.55. The second-order valence-corrected chi connectivity index (χ2v) is 11.5. The Kier molecular flexibility index (Phi) is 7.83. The van der Waals surface area contributed by atoms with Crippen LogP contribution in [0.3, 0.4) is 0 Å². The summed E-state index contributed by atoms with van der Waals surface area (Å²) in [7, 11) is -0.166. The van der Waals surface area contributed by atoms with Gasteiger partial charge in [0.05, 0.1) is 11.3 Å². The van der Waals surface area contributed by atoms with Crippen LogP contribution in [-0.4, -0.2) is 86.2 Å². The van der Waals surface area contributed by atoms with E-state index >= 15 is 0 Å². The van der Waals surface area contributed by atoms with Crippen LogP contribution >= 0.6 is 0 Å². The average Bonchev–Trinajstić information content (AvgIpc) is 3.22. The fourth-order valence-corrected chi connectivity index (χ4v) is 6.46. The third kappa shape index (κ3) is 5.24. The van der Waals surface area contributed by atoms with Crippen LogP contribution in [0.5, 0.6) is 0 Å². The predicted octanol–water partition coefficient (Wildman–Crippen LogP) is 1.97. The molecule has 4 rings (SSSR count). The van der Waals surface area contributed by atoms with E-state index in [0.717, 1.165) is 49.2 Å². The van der Waals surface area contributed by atoms with Crippen molar-refractivity contribution in [1.82, 2.24) is 19.1 Å². The highest BCUT2D eigenvalue weighted by Gasteiger charge is 2.32. The molecule has 35 heavy (non-hydrogen) atoms. The molecule has 9 nitrogen and oxygen atoms in total. The zero-order valence-electron chi connectivity index (χ0n) is 20.9. The second kappa shape index (κ2) is 10.7. The van der Waals surface area contributed by atoms with Gasteiger partial charge in [-0.05, 0) is 49.9 Å². The summed E-state index contributed by atoms with van der Waals surface area (Å²) in [5.41, 5.74) is 3.02. The highest BCUT2D eigenvalue weighted by atomic mass is 32.2. The highest BCUT2D eigenvalue weighted by molar-refractivity contribution is 7.90. The van der Waals surface area contributed by atoms with Crippen molar-refractivity contribution in [2.45, 2.75) is 51.6 Å². The molecule has 0 atom stereocenters. The van der Waals surface area contributed by atoms with Crippen LogP contribution in [0.1, 0.15) is 54.2 Å². The van der Waals surface area contributed by atoms with Gasteiger partial charge >= 0.3 is 0 Å². The molecule has 10 heteroatoms. The molecule has 2 aliphatic rings. The summed E-state index contributed by atoms with van der Waals surface area (Å²) in [6, 6.07) is 5.75. The number of nitrogens with one attached hydrogen (secondary N) is 1. The molecule has 2 aromatic rings. The van der Waals surface area contributed by atoms with Gasteiger partial charge < -0.3 is 15.0 Å². The first-order chi connectivity index (χ1) is 16.8. The molecule has 1 fully saturated rings. The second-order valence-electron chi connectivity index (χ2n) is 9.39. The molecule has 0 aliphatic carbocycles. The summed E-state index contributed by atoms with van der Waals surface area (Å²) < 4.78 is 33.2. The molecule has 1 aromatic heterocycles. The summed E-state index contributed by atoms with van der Waals surface area (Å²) in [5.74, 6) is -0.172. The van der Waals surface area contributed by atoms with E-state index in [0.29, 0.717) is 49.5 Å². The van der Waals surface area contributed by atoms with E-state index in [2.05, 4.69) is 10.2 Å². The maximum Gasteiger partial charge on any atom is 0.253 e. The first-order valence-corrected chi connectivity index (χ1v) is 14.0. The number of hydrogen-bond donors (Lipinski definition) is 1.